The molecule has 2 aromatic carbocycles. The summed E-state index contributed by atoms with van der Waals surface area (Å²) in [6.45, 7) is 0. The molecule has 0 aliphatic carbocycles. The molecule has 3 N–H and O–H groups in total. The smallest absolute Gasteiger partial charge is 0.166 e. The number of aromatic hydroxyl groups is 2. The minimum Gasteiger partial charge on any atom is -0.504 e. The third kappa shape index (κ3) is 3.40. The van der Waals surface area contributed by atoms with Crippen LogP contribution in [0.4, 0.5) is 5.82 Å². The molecule has 0 atom stereocenters. The van der Waals surface area contributed by atoms with Gasteiger partial charge in [0.15, 0.2) is 17.2 Å². The zero-order valence-corrected chi connectivity index (χ0v) is 14.5. The van der Waals surface area contributed by atoms with Crippen LogP contribution in [0, 0.1) is 0 Å². The topological polar surface area (TPSA) is 87.0 Å². The van der Waals surface area contributed by atoms with Crippen LogP contribution in [0.15, 0.2) is 41.5 Å². The molecule has 6 nitrogen and oxygen atoms in total. The molecule has 0 bridgehead atoms. The summed E-state index contributed by atoms with van der Waals surface area (Å²) in [5, 5.41) is 25.2. The lowest BCUT2D eigenvalue weighted by atomic mass is 10.2. The summed E-state index contributed by atoms with van der Waals surface area (Å²) >= 11 is 12.0. The van der Waals surface area contributed by atoms with Gasteiger partial charge in [-0.3, -0.25) is 5.43 Å². The van der Waals surface area contributed by atoms with Crippen LogP contribution in [0.1, 0.15) is 5.56 Å². The van der Waals surface area contributed by atoms with Crippen LogP contribution < -0.4 is 10.2 Å². The van der Waals surface area contributed by atoms with Gasteiger partial charge in [0.1, 0.15) is 11.3 Å². The molecule has 0 saturated carbocycles. The summed E-state index contributed by atoms with van der Waals surface area (Å²) in [5.74, 6) is 0.555. The quantitative estimate of drug-likeness (QED) is 0.463. The molecule has 25 heavy (non-hydrogen) atoms. The molecule has 0 aliphatic rings. The van der Waals surface area contributed by atoms with Crippen molar-refractivity contribution in [2.75, 3.05) is 12.5 Å². The van der Waals surface area contributed by atoms with E-state index in [2.05, 4.69) is 15.5 Å². The molecule has 0 aliphatic heterocycles. The fourth-order valence-electron chi connectivity index (χ4n) is 2.24. The van der Waals surface area contributed by atoms with Gasteiger partial charge in [0.25, 0.3) is 0 Å². The first-order valence-electron chi connectivity index (χ1n) is 7.14. The van der Waals surface area contributed by atoms with Crippen LogP contribution in [0.25, 0.3) is 10.9 Å². The molecule has 0 radical (unpaired) electrons. The SMILES string of the molecule is COc1cccc(C=NNc2ccc3c(Cl)cc(Cl)c(O)c3n2)c1O. The van der Waals surface area contributed by atoms with E-state index in [1.54, 1.807) is 30.3 Å². The predicted molar refractivity (Wildman–Crippen MR) is 99.3 cm³/mol. The number of halogens is 2. The average molecular weight is 378 g/mol. The fraction of sp³-hybridized carbons (Fsp3) is 0.0588. The summed E-state index contributed by atoms with van der Waals surface area (Å²) in [6, 6.07) is 9.87. The Kier molecular flexibility index (Phi) is 4.83. The molecule has 0 saturated heterocycles. The van der Waals surface area contributed by atoms with Gasteiger partial charge in [-0.25, -0.2) is 4.98 Å². The van der Waals surface area contributed by atoms with Crippen LogP contribution in [0.3, 0.4) is 0 Å². The molecule has 3 aromatic rings. The zero-order chi connectivity index (χ0) is 18.0. The van der Waals surface area contributed by atoms with Crippen molar-refractivity contribution in [2.45, 2.75) is 0 Å². The highest BCUT2D eigenvalue weighted by Gasteiger charge is 2.11. The Morgan fingerprint density at radius 1 is 1.12 bits per heavy atom. The van der Waals surface area contributed by atoms with E-state index >= 15 is 0 Å². The number of phenols is 2. The normalized spacial score (nSPS) is 11.2. The van der Waals surface area contributed by atoms with Crippen molar-refractivity contribution in [3.63, 3.8) is 0 Å². The van der Waals surface area contributed by atoms with E-state index in [0.29, 0.717) is 27.5 Å². The van der Waals surface area contributed by atoms with Crippen LogP contribution in [0.2, 0.25) is 10.0 Å². The summed E-state index contributed by atoms with van der Waals surface area (Å²) in [4.78, 5) is 4.25. The van der Waals surface area contributed by atoms with Crippen molar-refractivity contribution in [1.82, 2.24) is 4.98 Å². The van der Waals surface area contributed by atoms with E-state index in [1.807, 2.05) is 0 Å². The number of ether oxygens (including phenoxy) is 1. The Morgan fingerprint density at radius 3 is 2.68 bits per heavy atom. The standard InChI is InChI=1S/C17H13Cl2N3O3/c1-25-13-4-2-3-9(16(13)23)8-20-22-14-6-5-10-11(18)7-12(19)17(24)15(10)21-14/h2-8,23-24H,1H3,(H,21,22). The second kappa shape index (κ2) is 7.04. The number of fused-ring (bicyclic) bond motifs is 1. The number of nitrogens with zero attached hydrogens (tertiary/aromatic N) is 2. The molecule has 0 spiro atoms. The lowest BCUT2D eigenvalue weighted by Gasteiger charge is -2.07. The number of nitrogens with one attached hydrogen (secondary N) is 1. The maximum atomic E-state index is 10.0. The van der Waals surface area contributed by atoms with Crippen molar-refractivity contribution in [2.24, 2.45) is 5.10 Å². The molecule has 8 heteroatoms. The van der Waals surface area contributed by atoms with Crippen molar-refractivity contribution < 1.29 is 14.9 Å². The van der Waals surface area contributed by atoms with Gasteiger partial charge < -0.3 is 14.9 Å². The summed E-state index contributed by atoms with van der Waals surface area (Å²) in [7, 11) is 1.47. The van der Waals surface area contributed by atoms with Gasteiger partial charge in [-0.15, -0.1) is 0 Å². The van der Waals surface area contributed by atoms with Gasteiger partial charge >= 0.3 is 0 Å². The highest BCUT2D eigenvalue weighted by atomic mass is 35.5. The largest absolute Gasteiger partial charge is 0.504 e. The number of para-hydroxylation sites is 1. The predicted octanol–water partition coefficient (Wildman–Crippen LogP) is 4.41. The number of methoxy groups -OCH3 is 1. The van der Waals surface area contributed by atoms with Crippen molar-refractivity contribution in [1.29, 1.82) is 0 Å². The number of aromatic nitrogens is 1. The highest BCUT2D eigenvalue weighted by molar-refractivity contribution is 6.39. The van der Waals surface area contributed by atoms with E-state index < -0.39 is 0 Å². The lowest BCUT2D eigenvalue weighted by molar-refractivity contribution is 0.373. The van der Waals surface area contributed by atoms with Crippen LogP contribution in [-0.2, 0) is 0 Å². The molecular formula is C17H13Cl2N3O3. The number of hydrogen-bond donors (Lipinski definition) is 3. The Labute approximate surface area is 153 Å². The first-order chi connectivity index (χ1) is 12.0. The van der Waals surface area contributed by atoms with E-state index in [0.717, 1.165) is 0 Å². The minimum atomic E-state index is -0.154. The maximum Gasteiger partial charge on any atom is 0.166 e. The molecule has 0 fully saturated rings. The molecule has 1 aromatic heterocycles. The Morgan fingerprint density at radius 2 is 1.92 bits per heavy atom. The Hall–Kier alpha value is -2.70. The van der Waals surface area contributed by atoms with Crippen molar-refractivity contribution in [3.05, 3.63) is 52.0 Å². The molecule has 0 amide bonds. The first kappa shape index (κ1) is 17.1. The minimum absolute atomic E-state index is 0.0155. The Balaban J connectivity index is 1.88. The fourth-order valence-corrected chi connectivity index (χ4v) is 2.76. The number of phenolic OH excluding ortho intramolecular Hbond substituents is 2. The number of hydrogen-bond acceptors (Lipinski definition) is 6. The van der Waals surface area contributed by atoms with Gasteiger partial charge in [-0.1, -0.05) is 29.3 Å². The van der Waals surface area contributed by atoms with Crippen LogP contribution in [0.5, 0.6) is 17.2 Å². The van der Waals surface area contributed by atoms with E-state index in [1.165, 1.54) is 19.4 Å². The molecule has 128 valence electrons. The third-order valence-electron chi connectivity index (χ3n) is 3.49. The van der Waals surface area contributed by atoms with Gasteiger partial charge in [-0.2, -0.15) is 5.10 Å². The maximum absolute atomic E-state index is 10.0. The van der Waals surface area contributed by atoms with Crippen molar-refractivity contribution in [3.8, 4) is 17.2 Å². The molecule has 0 unspecified atom stereocenters. The van der Waals surface area contributed by atoms with Gasteiger partial charge in [0.05, 0.1) is 23.4 Å². The number of hydrazone groups is 1. The average Bonchev–Trinajstić information content (AvgIpc) is 2.61. The van der Waals surface area contributed by atoms with Gasteiger partial charge in [0.2, 0.25) is 0 Å². The molecule has 3 rings (SSSR count). The second-order valence-corrected chi connectivity index (χ2v) is 5.86. The third-order valence-corrected chi connectivity index (χ3v) is 4.09. The monoisotopic (exact) mass is 377 g/mol. The van der Waals surface area contributed by atoms with Crippen LogP contribution in [-0.4, -0.2) is 28.5 Å². The summed E-state index contributed by atoms with van der Waals surface area (Å²) < 4.78 is 5.04. The van der Waals surface area contributed by atoms with Crippen LogP contribution >= 0.6 is 23.2 Å². The number of benzene rings is 2. The van der Waals surface area contributed by atoms with E-state index in [-0.39, 0.29) is 22.0 Å². The van der Waals surface area contributed by atoms with E-state index in [9.17, 15) is 10.2 Å². The van der Waals surface area contributed by atoms with Gasteiger partial charge in [0, 0.05) is 10.9 Å². The summed E-state index contributed by atoms with van der Waals surface area (Å²) in [6.07, 6.45) is 1.43. The molecular weight excluding hydrogens is 365 g/mol. The van der Waals surface area contributed by atoms with Crippen molar-refractivity contribution >= 4 is 46.1 Å². The lowest BCUT2D eigenvalue weighted by Crippen LogP contribution is -1.95. The summed E-state index contributed by atoms with van der Waals surface area (Å²) in [5.41, 5.74) is 3.46. The first-order valence-corrected chi connectivity index (χ1v) is 7.89. The highest BCUT2D eigenvalue weighted by Crippen LogP contribution is 2.36. The number of rotatable bonds is 4. The zero-order valence-electron chi connectivity index (χ0n) is 13.0. The molecule has 1 heterocycles. The Bertz CT molecular complexity index is 977. The second-order valence-electron chi connectivity index (χ2n) is 5.05. The number of pyridine rings is 1. The van der Waals surface area contributed by atoms with E-state index in [4.69, 9.17) is 27.9 Å². The number of anilines is 1. The van der Waals surface area contributed by atoms with Gasteiger partial charge in [-0.05, 0) is 30.3 Å².